The number of hydrogen-bond donors (Lipinski definition) is 3. The van der Waals surface area contributed by atoms with Crippen LogP contribution in [-0.4, -0.2) is 10.8 Å². The summed E-state index contributed by atoms with van der Waals surface area (Å²) < 4.78 is 1.96. The van der Waals surface area contributed by atoms with Gasteiger partial charge in [0.25, 0.3) is 0 Å². The molecule has 2 rings (SSSR count). The lowest BCUT2D eigenvalue weighted by Gasteiger charge is -2.33. The van der Waals surface area contributed by atoms with Crippen molar-refractivity contribution in [2.75, 3.05) is 5.73 Å². The SMILES string of the molecule is Nc1c(Br)cc(Br)cc1CC1CCC(N)(O)CC1. The summed E-state index contributed by atoms with van der Waals surface area (Å²) in [5.74, 6) is 0.553. The second kappa shape index (κ2) is 5.49. The molecular weight excluding hydrogens is 360 g/mol. The zero-order chi connectivity index (χ0) is 13.3. The predicted molar refractivity (Wildman–Crippen MR) is 81.1 cm³/mol. The molecule has 1 fully saturated rings. The van der Waals surface area contributed by atoms with Crippen molar-refractivity contribution >= 4 is 37.5 Å². The van der Waals surface area contributed by atoms with E-state index in [4.69, 9.17) is 11.5 Å². The van der Waals surface area contributed by atoms with E-state index >= 15 is 0 Å². The molecule has 0 radical (unpaired) electrons. The van der Waals surface area contributed by atoms with Crippen molar-refractivity contribution in [1.29, 1.82) is 0 Å². The van der Waals surface area contributed by atoms with Gasteiger partial charge in [-0.2, -0.15) is 0 Å². The molecule has 1 aliphatic rings. The number of nitrogen functional groups attached to an aromatic ring is 1. The molecule has 0 aliphatic heterocycles. The second-order valence-corrected chi connectivity index (χ2v) is 6.98. The highest BCUT2D eigenvalue weighted by atomic mass is 79.9. The number of benzene rings is 1. The number of aliphatic hydroxyl groups is 1. The molecular formula is C13H18Br2N2O. The molecule has 5 heteroatoms. The Bertz CT molecular complexity index is 439. The van der Waals surface area contributed by atoms with Gasteiger partial charge in [0.15, 0.2) is 0 Å². The first-order valence-electron chi connectivity index (χ1n) is 6.12. The van der Waals surface area contributed by atoms with Gasteiger partial charge in [0, 0.05) is 14.6 Å². The summed E-state index contributed by atoms with van der Waals surface area (Å²) in [7, 11) is 0. The fraction of sp³-hybridized carbons (Fsp3) is 0.538. The van der Waals surface area contributed by atoms with E-state index in [-0.39, 0.29) is 0 Å². The first-order chi connectivity index (χ1) is 8.37. The minimum Gasteiger partial charge on any atom is -0.398 e. The average molecular weight is 378 g/mol. The maximum Gasteiger partial charge on any atom is 0.113 e. The highest BCUT2D eigenvalue weighted by Crippen LogP contribution is 2.35. The summed E-state index contributed by atoms with van der Waals surface area (Å²) in [4.78, 5) is 0. The third kappa shape index (κ3) is 3.47. The van der Waals surface area contributed by atoms with Crippen LogP contribution in [0.4, 0.5) is 5.69 Å². The maximum atomic E-state index is 9.74. The van der Waals surface area contributed by atoms with Crippen LogP contribution in [0.2, 0.25) is 0 Å². The standard InChI is InChI=1S/C13H18Br2N2O/c14-10-6-9(12(16)11(15)7-10)5-8-1-3-13(17,18)4-2-8/h6-8,18H,1-5,16-17H2. The van der Waals surface area contributed by atoms with Gasteiger partial charge in [-0.3, -0.25) is 0 Å². The lowest BCUT2D eigenvalue weighted by Crippen LogP contribution is -2.43. The molecule has 0 bridgehead atoms. The van der Waals surface area contributed by atoms with E-state index in [9.17, 15) is 5.11 Å². The van der Waals surface area contributed by atoms with Gasteiger partial charge in [-0.1, -0.05) is 15.9 Å². The Balaban J connectivity index is 2.07. The topological polar surface area (TPSA) is 72.3 Å². The van der Waals surface area contributed by atoms with Crippen LogP contribution in [0.25, 0.3) is 0 Å². The van der Waals surface area contributed by atoms with Crippen molar-refractivity contribution < 1.29 is 5.11 Å². The van der Waals surface area contributed by atoms with Gasteiger partial charge in [0.05, 0.1) is 0 Å². The van der Waals surface area contributed by atoms with E-state index in [2.05, 4.69) is 37.9 Å². The molecule has 100 valence electrons. The first-order valence-corrected chi connectivity index (χ1v) is 7.71. The molecule has 0 unspecified atom stereocenters. The van der Waals surface area contributed by atoms with Crippen LogP contribution in [0.1, 0.15) is 31.2 Å². The molecule has 0 heterocycles. The fourth-order valence-corrected chi connectivity index (χ4v) is 3.81. The zero-order valence-corrected chi connectivity index (χ0v) is 13.3. The van der Waals surface area contributed by atoms with Gasteiger partial charge in [0.2, 0.25) is 0 Å². The third-order valence-electron chi connectivity index (χ3n) is 3.66. The molecule has 0 saturated heterocycles. The third-order valence-corrected chi connectivity index (χ3v) is 4.77. The number of hydrogen-bond acceptors (Lipinski definition) is 3. The smallest absolute Gasteiger partial charge is 0.113 e. The second-order valence-electron chi connectivity index (χ2n) is 5.21. The summed E-state index contributed by atoms with van der Waals surface area (Å²) in [5.41, 5.74) is 12.8. The Morgan fingerprint density at radius 1 is 1.28 bits per heavy atom. The lowest BCUT2D eigenvalue weighted by atomic mass is 9.80. The quantitative estimate of drug-likeness (QED) is 0.547. The van der Waals surface area contributed by atoms with Crippen molar-refractivity contribution in [3.8, 4) is 0 Å². The summed E-state index contributed by atoms with van der Waals surface area (Å²) in [5, 5.41) is 9.74. The van der Waals surface area contributed by atoms with Gasteiger partial charge >= 0.3 is 0 Å². The Hall–Kier alpha value is -0.100. The molecule has 1 aromatic carbocycles. The van der Waals surface area contributed by atoms with Gasteiger partial charge in [-0.15, -0.1) is 0 Å². The maximum absolute atomic E-state index is 9.74. The van der Waals surface area contributed by atoms with E-state index in [1.54, 1.807) is 0 Å². The van der Waals surface area contributed by atoms with Gasteiger partial charge < -0.3 is 16.6 Å². The molecule has 0 spiro atoms. The Kier molecular flexibility index (Phi) is 4.36. The van der Waals surface area contributed by atoms with Crippen LogP contribution >= 0.6 is 31.9 Å². The first kappa shape index (κ1) is 14.3. The number of anilines is 1. The molecule has 1 aromatic rings. The van der Waals surface area contributed by atoms with Crippen LogP contribution in [0, 0.1) is 5.92 Å². The average Bonchev–Trinajstić information content (AvgIpc) is 2.28. The zero-order valence-electron chi connectivity index (χ0n) is 10.1. The molecule has 0 amide bonds. The molecule has 0 atom stereocenters. The summed E-state index contributed by atoms with van der Waals surface area (Å²) in [6.45, 7) is 0. The van der Waals surface area contributed by atoms with Crippen LogP contribution in [0.5, 0.6) is 0 Å². The highest BCUT2D eigenvalue weighted by Gasteiger charge is 2.29. The minimum absolute atomic E-state index is 0.553. The molecule has 3 nitrogen and oxygen atoms in total. The Morgan fingerprint density at radius 3 is 2.50 bits per heavy atom. The van der Waals surface area contributed by atoms with Crippen molar-refractivity contribution in [2.24, 2.45) is 11.7 Å². The van der Waals surface area contributed by atoms with Gasteiger partial charge in [0.1, 0.15) is 5.72 Å². The summed E-state index contributed by atoms with van der Waals surface area (Å²) in [6, 6.07) is 4.03. The van der Waals surface area contributed by atoms with Crippen LogP contribution in [-0.2, 0) is 6.42 Å². The Labute approximate surface area is 124 Å². The van der Waals surface area contributed by atoms with Gasteiger partial charge in [-0.05, 0) is 71.6 Å². The van der Waals surface area contributed by atoms with E-state index in [1.807, 2.05) is 6.07 Å². The molecule has 0 aromatic heterocycles. The largest absolute Gasteiger partial charge is 0.398 e. The number of halogens is 2. The van der Waals surface area contributed by atoms with Crippen LogP contribution < -0.4 is 11.5 Å². The minimum atomic E-state index is -0.958. The fourth-order valence-electron chi connectivity index (χ4n) is 2.50. The number of rotatable bonds is 2. The molecule has 5 N–H and O–H groups in total. The van der Waals surface area contributed by atoms with Gasteiger partial charge in [-0.25, -0.2) is 0 Å². The Morgan fingerprint density at radius 2 is 1.89 bits per heavy atom. The van der Waals surface area contributed by atoms with E-state index in [0.717, 1.165) is 39.5 Å². The summed E-state index contributed by atoms with van der Waals surface area (Å²) >= 11 is 6.95. The lowest BCUT2D eigenvalue weighted by molar-refractivity contribution is -0.00335. The molecule has 1 saturated carbocycles. The monoisotopic (exact) mass is 376 g/mol. The highest BCUT2D eigenvalue weighted by molar-refractivity contribution is 9.11. The number of nitrogens with two attached hydrogens (primary N) is 2. The van der Waals surface area contributed by atoms with Crippen LogP contribution in [0.3, 0.4) is 0 Å². The van der Waals surface area contributed by atoms with E-state index in [0.29, 0.717) is 18.8 Å². The summed E-state index contributed by atoms with van der Waals surface area (Å²) in [6.07, 6.45) is 4.20. The van der Waals surface area contributed by atoms with E-state index < -0.39 is 5.72 Å². The van der Waals surface area contributed by atoms with Crippen LogP contribution in [0.15, 0.2) is 21.1 Å². The van der Waals surface area contributed by atoms with Crippen molar-refractivity contribution in [3.05, 3.63) is 26.6 Å². The van der Waals surface area contributed by atoms with Crippen molar-refractivity contribution in [1.82, 2.24) is 0 Å². The van der Waals surface area contributed by atoms with E-state index in [1.165, 1.54) is 0 Å². The molecule has 1 aliphatic carbocycles. The predicted octanol–water partition coefficient (Wildman–Crippen LogP) is 3.17. The van der Waals surface area contributed by atoms with Crippen molar-refractivity contribution in [3.63, 3.8) is 0 Å². The molecule has 18 heavy (non-hydrogen) atoms. The normalized spacial score (nSPS) is 28.3. The van der Waals surface area contributed by atoms with Crippen molar-refractivity contribution in [2.45, 2.75) is 37.8 Å².